The minimum atomic E-state index is -0.318. The maximum Gasteiger partial charge on any atom is 0.339 e. The van der Waals surface area contributed by atoms with Gasteiger partial charge in [0, 0.05) is 0 Å². The van der Waals surface area contributed by atoms with Crippen LogP contribution in [-0.2, 0) is 4.74 Å². The first kappa shape index (κ1) is 11.9. The van der Waals surface area contributed by atoms with E-state index >= 15 is 0 Å². The van der Waals surface area contributed by atoms with Crippen molar-refractivity contribution in [3.05, 3.63) is 60.2 Å². The van der Waals surface area contributed by atoms with Crippen LogP contribution in [0.2, 0.25) is 0 Å². The van der Waals surface area contributed by atoms with E-state index in [1.165, 1.54) is 0 Å². The number of esters is 1. The lowest BCUT2D eigenvalue weighted by atomic mass is 10.00. The van der Waals surface area contributed by atoms with Gasteiger partial charge in [0.15, 0.2) is 0 Å². The largest absolute Gasteiger partial charge is 0.450 e. The summed E-state index contributed by atoms with van der Waals surface area (Å²) in [7, 11) is 0. The van der Waals surface area contributed by atoms with Crippen molar-refractivity contribution in [3.63, 3.8) is 0 Å². The van der Waals surface area contributed by atoms with Crippen LogP contribution < -0.4 is 0 Å². The average Bonchev–Trinajstić information content (AvgIpc) is 2.40. The predicted octanol–water partition coefficient (Wildman–Crippen LogP) is 3.86. The quantitative estimate of drug-likeness (QED) is 0.634. The predicted molar refractivity (Wildman–Crippen MR) is 71.1 cm³/mol. The van der Waals surface area contributed by atoms with Crippen molar-refractivity contribution in [2.45, 2.75) is 0 Å². The highest BCUT2D eigenvalue weighted by Gasteiger charge is 2.12. The molecule has 0 bridgehead atoms. The second-order valence-electron chi connectivity index (χ2n) is 3.45. The lowest BCUT2D eigenvalue weighted by molar-refractivity contribution is 0.0585. The van der Waals surface area contributed by atoms with E-state index in [0.29, 0.717) is 5.56 Å². The molecule has 0 aromatic heterocycles. The summed E-state index contributed by atoms with van der Waals surface area (Å²) in [4.78, 5) is 11.8. The molecular weight excluding hydrogens is 280 g/mol. The fourth-order valence-electron chi connectivity index (χ4n) is 1.66. The van der Waals surface area contributed by atoms with Crippen LogP contribution >= 0.6 is 15.9 Å². The molecule has 0 N–H and O–H groups in total. The highest BCUT2D eigenvalue weighted by molar-refractivity contribution is 9.09. The number of carbonyl (C=O) groups excluding carboxylic acids is 1. The Bertz CT molecular complexity index is 509. The van der Waals surface area contributed by atoms with Gasteiger partial charge >= 0.3 is 5.97 Å². The highest BCUT2D eigenvalue weighted by atomic mass is 79.9. The molecule has 2 rings (SSSR count). The zero-order valence-corrected chi connectivity index (χ0v) is 10.7. The Morgan fingerprint density at radius 2 is 1.65 bits per heavy atom. The Morgan fingerprint density at radius 3 is 2.35 bits per heavy atom. The monoisotopic (exact) mass is 290 g/mol. The molecule has 0 amide bonds. The first-order chi connectivity index (χ1) is 8.33. The number of alkyl halides is 1. The first-order valence-electron chi connectivity index (χ1n) is 5.20. The standard InChI is InChI=1S/C14H11BrO2/c15-10-17-14(16)13-9-5-4-8-12(13)11-6-2-1-3-7-11/h1-9H,10H2. The fourth-order valence-corrected chi connectivity index (χ4v) is 1.87. The SMILES string of the molecule is O=C(OCBr)c1ccccc1-c1ccccc1. The maximum atomic E-state index is 11.8. The second kappa shape index (κ2) is 5.64. The van der Waals surface area contributed by atoms with Crippen LogP contribution in [0, 0.1) is 0 Å². The zero-order valence-electron chi connectivity index (χ0n) is 9.10. The molecule has 0 radical (unpaired) electrons. The molecule has 2 aromatic carbocycles. The summed E-state index contributed by atoms with van der Waals surface area (Å²) in [5, 5.41) is 0. The van der Waals surface area contributed by atoms with Crippen molar-refractivity contribution in [1.82, 2.24) is 0 Å². The third-order valence-electron chi connectivity index (χ3n) is 2.42. The van der Waals surface area contributed by atoms with Gasteiger partial charge < -0.3 is 4.74 Å². The van der Waals surface area contributed by atoms with Gasteiger partial charge in [-0.1, -0.05) is 48.5 Å². The van der Waals surface area contributed by atoms with E-state index in [1.807, 2.05) is 48.5 Å². The molecule has 0 aliphatic carbocycles. The van der Waals surface area contributed by atoms with Crippen molar-refractivity contribution in [2.24, 2.45) is 0 Å². The molecule has 86 valence electrons. The molecule has 3 heteroatoms. The van der Waals surface area contributed by atoms with Crippen LogP contribution in [0.5, 0.6) is 0 Å². The molecule has 0 atom stereocenters. The lowest BCUT2D eigenvalue weighted by Crippen LogP contribution is -2.05. The van der Waals surface area contributed by atoms with Crippen molar-refractivity contribution in [3.8, 4) is 11.1 Å². The molecule has 2 aromatic rings. The van der Waals surface area contributed by atoms with Crippen LogP contribution in [0.3, 0.4) is 0 Å². The smallest absolute Gasteiger partial charge is 0.339 e. The summed E-state index contributed by atoms with van der Waals surface area (Å²) >= 11 is 3.09. The van der Waals surface area contributed by atoms with Crippen LogP contribution in [0.1, 0.15) is 10.4 Å². The third kappa shape index (κ3) is 2.74. The molecule has 0 heterocycles. The summed E-state index contributed by atoms with van der Waals surface area (Å²) in [6.45, 7) is 0. The minimum absolute atomic E-state index is 0.203. The number of hydrogen-bond acceptors (Lipinski definition) is 2. The summed E-state index contributed by atoms with van der Waals surface area (Å²) in [5.41, 5.74) is 2.68. The van der Waals surface area contributed by atoms with Crippen LogP contribution in [0.15, 0.2) is 54.6 Å². The molecule has 0 spiro atoms. The van der Waals surface area contributed by atoms with Crippen molar-refractivity contribution in [2.75, 3.05) is 5.52 Å². The number of halogens is 1. The number of carbonyl (C=O) groups is 1. The second-order valence-corrected chi connectivity index (χ2v) is 3.91. The zero-order chi connectivity index (χ0) is 12.1. The Hall–Kier alpha value is -1.61. The van der Waals surface area contributed by atoms with Gasteiger partial charge in [-0.2, -0.15) is 0 Å². The Labute approximate surface area is 108 Å². The van der Waals surface area contributed by atoms with Gasteiger partial charge in [-0.25, -0.2) is 4.79 Å². The maximum absolute atomic E-state index is 11.8. The van der Waals surface area contributed by atoms with E-state index in [4.69, 9.17) is 4.74 Å². The van der Waals surface area contributed by atoms with Gasteiger partial charge in [0.2, 0.25) is 0 Å². The summed E-state index contributed by atoms with van der Waals surface area (Å²) in [6, 6.07) is 17.2. The molecule has 0 saturated heterocycles. The van der Waals surface area contributed by atoms with Crippen molar-refractivity contribution in [1.29, 1.82) is 0 Å². The topological polar surface area (TPSA) is 26.3 Å². The molecular formula is C14H11BrO2. The lowest BCUT2D eigenvalue weighted by Gasteiger charge is -2.08. The number of benzene rings is 2. The van der Waals surface area contributed by atoms with E-state index in [1.54, 1.807) is 6.07 Å². The Morgan fingerprint density at radius 1 is 1.00 bits per heavy atom. The molecule has 17 heavy (non-hydrogen) atoms. The van der Waals surface area contributed by atoms with Gasteiger partial charge in [-0.05, 0) is 33.1 Å². The molecule has 0 aliphatic heterocycles. The molecule has 0 fully saturated rings. The number of ether oxygens (including phenoxy) is 1. The number of rotatable bonds is 3. The van der Waals surface area contributed by atoms with E-state index in [-0.39, 0.29) is 11.5 Å². The van der Waals surface area contributed by atoms with Gasteiger partial charge in [-0.3, -0.25) is 0 Å². The van der Waals surface area contributed by atoms with Gasteiger partial charge in [0.1, 0.15) is 5.52 Å². The number of hydrogen-bond donors (Lipinski definition) is 0. The average molecular weight is 291 g/mol. The Balaban J connectivity index is 2.45. The van der Waals surface area contributed by atoms with Crippen molar-refractivity contribution < 1.29 is 9.53 Å². The molecule has 0 aliphatic rings. The summed E-state index contributed by atoms with van der Waals surface area (Å²) in [5.74, 6) is -0.318. The van der Waals surface area contributed by atoms with E-state index in [9.17, 15) is 4.79 Å². The van der Waals surface area contributed by atoms with Crippen molar-refractivity contribution >= 4 is 21.9 Å². The normalized spacial score (nSPS) is 9.94. The molecule has 0 unspecified atom stereocenters. The highest BCUT2D eigenvalue weighted by Crippen LogP contribution is 2.23. The Kier molecular flexibility index (Phi) is 3.94. The van der Waals surface area contributed by atoms with E-state index in [2.05, 4.69) is 15.9 Å². The van der Waals surface area contributed by atoms with Gasteiger partial charge in [0.25, 0.3) is 0 Å². The van der Waals surface area contributed by atoms with Gasteiger partial charge in [-0.15, -0.1) is 0 Å². The van der Waals surface area contributed by atoms with Crippen LogP contribution in [0.25, 0.3) is 11.1 Å². The summed E-state index contributed by atoms with van der Waals surface area (Å²) in [6.07, 6.45) is 0. The van der Waals surface area contributed by atoms with Crippen LogP contribution in [0.4, 0.5) is 0 Å². The van der Waals surface area contributed by atoms with Crippen LogP contribution in [-0.4, -0.2) is 11.5 Å². The molecule has 0 saturated carbocycles. The minimum Gasteiger partial charge on any atom is -0.450 e. The molecule has 2 nitrogen and oxygen atoms in total. The van der Waals surface area contributed by atoms with E-state index < -0.39 is 0 Å². The van der Waals surface area contributed by atoms with Gasteiger partial charge in [0.05, 0.1) is 5.56 Å². The fraction of sp³-hybridized carbons (Fsp3) is 0.0714. The van der Waals surface area contributed by atoms with E-state index in [0.717, 1.165) is 11.1 Å². The first-order valence-corrected chi connectivity index (χ1v) is 6.32. The third-order valence-corrected chi connectivity index (χ3v) is 2.65. The summed E-state index contributed by atoms with van der Waals surface area (Å²) < 4.78 is 4.97.